The Kier molecular flexibility index (Phi) is 5.76. The lowest BCUT2D eigenvalue weighted by atomic mass is 9.98. The molecule has 0 atom stereocenters. The van der Waals surface area contributed by atoms with Gasteiger partial charge in [0.15, 0.2) is 0 Å². The van der Waals surface area contributed by atoms with Crippen LogP contribution in [0.4, 0.5) is 16.0 Å². The molecule has 6 nitrogen and oxygen atoms in total. The highest BCUT2D eigenvalue weighted by molar-refractivity contribution is 7.09. The minimum Gasteiger partial charge on any atom is -0.378 e. The standard InChI is InChI=1S/C20H23FN6S/c1-2-14-9-24-20(25-10-14)27-7-5-15(6-8-27)19-26-17(13-28-19)12-22-16-3-4-18(21)23-11-16/h3-4,9-11,13,15,22H,2,5-8,12H2,1H3. The summed E-state index contributed by atoms with van der Waals surface area (Å²) in [6.07, 6.45) is 8.41. The molecule has 0 amide bonds. The fraction of sp³-hybridized carbons (Fsp3) is 0.400. The third-order valence-corrected chi connectivity index (χ3v) is 6.05. The summed E-state index contributed by atoms with van der Waals surface area (Å²) in [4.78, 5) is 19.7. The molecule has 0 spiro atoms. The molecular formula is C20H23FN6S. The topological polar surface area (TPSA) is 66.8 Å². The molecule has 0 unspecified atom stereocenters. The predicted octanol–water partition coefficient (Wildman–Crippen LogP) is 4.03. The first-order chi connectivity index (χ1) is 13.7. The number of anilines is 2. The molecule has 1 aliphatic rings. The molecular weight excluding hydrogens is 375 g/mol. The summed E-state index contributed by atoms with van der Waals surface area (Å²) in [7, 11) is 0. The second kappa shape index (κ2) is 8.60. The third kappa shape index (κ3) is 4.44. The average molecular weight is 399 g/mol. The van der Waals surface area contributed by atoms with E-state index in [2.05, 4.69) is 37.5 Å². The first-order valence-electron chi connectivity index (χ1n) is 9.57. The van der Waals surface area contributed by atoms with Gasteiger partial charge in [-0.2, -0.15) is 4.39 Å². The molecule has 0 radical (unpaired) electrons. The normalized spacial score (nSPS) is 15.0. The Labute approximate surface area is 167 Å². The first kappa shape index (κ1) is 18.7. The van der Waals surface area contributed by atoms with E-state index in [9.17, 15) is 4.39 Å². The minimum absolute atomic E-state index is 0.473. The van der Waals surface area contributed by atoms with Crippen LogP contribution in [0.1, 0.15) is 41.9 Å². The predicted molar refractivity (Wildman–Crippen MR) is 109 cm³/mol. The van der Waals surface area contributed by atoms with Gasteiger partial charge in [-0.05, 0) is 37.0 Å². The van der Waals surface area contributed by atoms with Crippen molar-refractivity contribution in [3.05, 3.63) is 58.3 Å². The van der Waals surface area contributed by atoms with Gasteiger partial charge < -0.3 is 10.2 Å². The summed E-state index contributed by atoms with van der Waals surface area (Å²) in [5, 5.41) is 6.52. The van der Waals surface area contributed by atoms with Crippen LogP contribution in [-0.2, 0) is 13.0 Å². The number of nitrogens with one attached hydrogen (secondary N) is 1. The zero-order valence-corrected chi connectivity index (χ0v) is 16.6. The van der Waals surface area contributed by atoms with E-state index < -0.39 is 5.95 Å². The van der Waals surface area contributed by atoms with Crippen LogP contribution in [0.25, 0.3) is 0 Å². The maximum absolute atomic E-state index is 12.9. The number of piperidine rings is 1. The quantitative estimate of drug-likeness (QED) is 0.633. The van der Waals surface area contributed by atoms with Crippen molar-refractivity contribution in [2.24, 2.45) is 0 Å². The number of halogens is 1. The molecule has 0 bridgehead atoms. The zero-order valence-electron chi connectivity index (χ0n) is 15.8. The van der Waals surface area contributed by atoms with Gasteiger partial charge in [0.25, 0.3) is 0 Å². The molecule has 4 heterocycles. The van der Waals surface area contributed by atoms with Gasteiger partial charge in [-0.3, -0.25) is 0 Å². The molecule has 4 rings (SSSR count). The van der Waals surface area contributed by atoms with Crippen molar-refractivity contribution in [1.82, 2.24) is 19.9 Å². The summed E-state index contributed by atoms with van der Waals surface area (Å²) in [5.74, 6) is 0.838. The van der Waals surface area contributed by atoms with Crippen LogP contribution in [0.15, 0.2) is 36.1 Å². The Hall–Kier alpha value is -2.61. The Bertz CT molecular complexity index is 888. The highest BCUT2D eigenvalue weighted by atomic mass is 32.1. The third-order valence-electron chi connectivity index (χ3n) is 5.00. The highest BCUT2D eigenvalue weighted by Gasteiger charge is 2.24. The van der Waals surface area contributed by atoms with Crippen molar-refractivity contribution in [3.63, 3.8) is 0 Å². The molecule has 1 saturated heterocycles. The van der Waals surface area contributed by atoms with Crippen LogP contribution in [0, 0.1) is 5.95 Å². The van der Waals surface area contributed by atoms with E-state index in [1.165, 1.54) is 22.8 Å². The molecule has 28 heavy (non-hydrogen) atoms. The van der Waals surface area contributed by atoms with Crippen molar-refractivity contribution in [1.29, 1.82) is 0 Å². The average Bonchev–Trinajstić information content (AvgIpc) is 3.23. The monoisotopic (exact) mass is 398 g/mol. The van der Waals surface area contributed by atoms with Crippen molar-refractivity contribution >= 4 is 23.0 Å². The Morgan fingerprint density at radius 3 is 2.61 bits per heavy atom. The fourth-order valence-electron chi connectivity index (χ4n) is 3.28. The Morgan fingerprint density at radius 2 is 1.93 bits per heavy atom. The van der Waals surface area contributed by atoms with Gasteiger partial charge in [0.2, 0.25) is 11.9 Å². The number of pyridine rings is 1. The van der Waals surface area contributed by atoms with Crippen LogP contribution < -0.4 is 10.2 Å². The molecule has 3 aromatic rings. The molecule has 1 fully saturated rings. The lowest BCUT2D eigenvalue weighted by Crippen LogP contribution is -2.34. The number of nitrogens with zero attached hydrogens (tertiary/aromatic N) is 5. The van der Waals surface area contributed by atoms with E-state index in [4.69, 9.17) is 4.98 Å². The number of thiazole rings is 1. The van der Waals surface area contributed by atoms with Crippen molar-refractivity contribution in [2.75, 3.05) is 23.3 Å². The molecule has 0 saturated carbocycles. The SMILES string of the molecule is CCc1cnc(N2CCC(c3nc(CNc4ccc(F)nc4)cs3)CC2)nc1. The molecule has 1 aliphatic heterocycles. The number of hydrogen-bond acceptors (Lipinski definition) is 7. The maximum Gasteiger partial charge on any atom is 0.225 e. The Morgan fingerprint density at radius 1 is 1.14 bits per heavy atom. The lowest BCUT2D eigenvalue weighted by Gasteiger charge is -2.31. The van der Waals surface area contributed by atoms with Crippen molar-refractivity contribution in [3.8, 4) is 0 Å². The molecule has 8 heteroatoms. The van der Waals surface area contributed by atoms with Crippen LogP contribution in [0.5, 0.6) is 0 Å². The molecule has 0 aliphatic carbocycles. The molecule has 1 N–H and O–H groups in total. The first-order valence-corrected chi connectivity index (χ1v) is 10.4. The number of rotatable bonds is 6. The van der Waals surface area contributed by atoms with Crippen LogP contribution >= 0.6 is 11.3 Å². The summed E-state index contributed by atoms with van der Waals surface area (Å²) in [5.41, 5.74) is 2.96. The summed E-state index contributed by atoms with van der Waals surface area (Å²) >= 11 is 1.72. The zero-order chi connectivity index (χ0) is 19.3. The highest BCUT2D eigenvalue weighted by Crippen LogP contribution is 2.31. The number of aryl methyl sites for hydroxylation is 1. The van der Waals surface area contributed by atoms with E-state index in [0.29, 0.717) is 12.5 Å². The van der Waals surface area contributed by atoms with Gasteiger partial charge in [0, 0.05) is 36.8 Å². The molecule has 146 valence electrons. The fourth-order valence-corrected chi connectivity index (χ4v) is 4.28. The van der Waals surface area contributed by atoms with Gasteiger partial charge in [-0.25, -0.2) is 19.9 Å². The van der Waals surface area contributed by atoms with Gasteiger partial charge in [-0.1, -0.05) is 6.92 Å². The van der Waals surface area contributed by atoms with Crippen molar-refractivity contribution < 1.29 is 4.39 Å². The van der Waals surface area contributed by atoms with Crippen LogP contribution in [-0.4, -0.2) is 33.0 Å². The van der Waals surface area contributed by atoms with Gasteiger partial charge >= 0.3 is 0 Å². The largest absolute Gasteiger partial charge is 0.378 e. The van der Waals surface area contributed by atoms with Crippen LogP contribution in [0.3, 0.4) is 0 Å². The van der Waals surface area contributed by atoms with E-state index in [-0.39, 0.29) is 0 Å². The van der Waals surface area contributed by atoms with Gasteiger partial charge in [-0.15, -0.1) is 11.3 Å². The van der Waals surface area contributed by atoms with E-state index in [1.807, 2.05) is 12.4 Å². The Balaban J connectivity index is 1.30. The second-order valence-electron chi connectivity index (χ2n) is 6.91. The van der Waals surface area contributed by atoms with Gasteiger partial charge in [0.05, 0.1) is 29.1 Å². The lowest BCUT2D eigenvalue weighted by molar-refractivity contribution is 0.497. The molecule has 3 aromatic heterocycles. The second-order valence-corrected chi connectivity index (χ2v) is 7.80. The van der Waals surface area contributed by atoms with Crippen LogP contribution in [0.2, 0.25) is 0 Å². The van der Waals surface area contributed by atoms with E-state index in [1.54, 1.807) is 17.4 Å². The summed E-state index contributed by atoms with van der Waals surface area (Å²) < 4.78 is 12.9. The summed E-state index contributed by atoms with van der Waals surface area (Å²) in [6.45, 7) is 4.62. The number of aromatic nitrogens is 4. The number of hydrogen-bond donors (Lipinski definition) is 1. The smallest absolute Gasteiger partial charge is 0.225 e. The maximum atomic E-state index is 12.9. The van der Waals surface area contributed by atoms with Gasteiger partial charge in [0.1, 0.15) is 0 Å². The van der Waals surface area contributed by atoms with Crippen molar-refractivity contribution in [2.45, 2.75) is 38.6 Å². The minimum atomic E-state index is -0.473. The molecule has 0 aromatic carbocycles. The van der Waals surface area contributed by atoms with E-state index in [0.717, 1.165) is 49.7 Å². The van der Waals surface area contributed by atoms with E-state index >= 15 is 0 Å². The summed E-state index contributed by atoms with van der Waals surface area (Å²) in [6, 6.07) is 3.03.